The Bertz CT molecular complexity index is 579. The third-order valence-electron chi connectivity index (χ3n) is 3.52. The highest BCUT2D eigenvalue weighted by molar-refractivity contribution is 8.32. The van der Waals surface area contributed by atoms with E-state index in [9.17, 15) is 5.11 Å². The van der Waals surface area contributed by atoms with Gasteiger partial charge < -0.3 is 5.11 Å². The Morgan fingerprint density at radius 3 is 1.64 bits per heavy atom. The van der Waals surface area contributed by atoms with E-state index in [1.54, 1.807) is 23.5 Å². The monoisotopic (exact) mass is 388 g/mol. The molecule has 0 spiro atoms. The SMILES string of the molecule is OC(c1ccc(Cl)cc1)(c1ccc(Cl)cc1)C1SCSCS1. The number of hydrogen-bond donors (Lipinski definition) is 1. The van der Waals surface area contributed by atoms with Gasteiger partial charge in [0, 0.05) is 20.2 Å². The Kier molecular flexibility index (Phi) is 5.59. The molecule has 22 heavy (non-hydrogen) atoms. The van der Waals surface area contributed by atoms with Crippen LogP contribution in [-0.2, 0) is 5.60 Å². The average molecular weight is 389 g/mol. The van der Waals surface area contributed by atoms with Gasteiger partial charge in [0.1, 0.15) is 5.60 Å². The Labute approximate surface area is 153 Å². The van der Waals surface area contributed by atoms with E-state index >= 15 is 0 Å². The van der Waals surface area contributed by atoms with E-state index in [1.165, 1.54) is 0 Å². The second-order valence-electron chi connectivity index (χ2n) is 4.89. The van der Waals surface area contributed by atoms with Crippen molar-refractivity contribution in [1.82, 2.24) is 0 Å². The van der Waals surface area contributed by atoms with Crippen LogP contribution in [0.25, 0.3) is 0 Å². The van der Waals surface area contributed by atoms with Crippen molar-refractivity contribution >= 4 is 58.5 Å². The smallest absolute Gasteiger partial charge is 0.136 e. The Hall–Kier alpha value is 0.0300. The average Bonchev–Trinajstić information content (AvgIpc) is 2.56. The summed E-state index contributed by atoms with van der Waals surface area (Å²) in [6, 6.07) is 14.9. The molecule has 1 aliphatic rings. The number of aliphatic hydroxyl groups is 1. The van der Waals surface area contributed by atoms with Gasteiger partial charge in [-0.2, -0.15) is 0 Å². The number of thioether (sulfide) groups is 3. The lowest BCUT2D eigenvalue weighted by atomic mass is 9.88. The summed E-state index contributed by atoms with van der Waals surface area (Å²) in [5.74, 6) is 0. The summed E-state index contributed by atoms with van der Waals surface area (Å²) in [6.45, 7) is 0. The van der Waals surface area contributed by atoms with Crippen LogP contribution in [0, 0.1) is 0 Å². The molecule has 0 radical (unpaired) electrons. The molecule has 0 aromatic heterocycles. The van der Waals surface area contributed by atoms with E-state index in [0.717, 1.165) is 21.3 Å². The standard InChI is InChI=1S/C16H14Cl2OS3/c17-13-5-1-11(2-6-13)16(19,15-21-9-20-10-22-15)12-3-7-14(18)8-4-12/h1-8,15,19H,9-10H2. The summed E-state index contributed by atoms with van der Waals surface area (Å²) in [5.41, 5.74) is 0.651. The fraction of sp³-hybridized carbons (Fsp3) is 0.250. The molecule has 0 aliphatic carbocycles. The fourth-order valence-corrected chi connectivity index (χ4v) is 7.70. The highest BCUT2D eigenvalue weighted by Gasteiger charge is 2.42. The predicted octanol–water partition coefficient (Wildman–Crippen LogP) is 5.68. The molecule has 6 heteroatoms. The molecule has 0 bridgehead atoms. The molecule has 0 amide bonds. The predicted molar refractivity (Wildman–Crippen MR) is 102 cm³/mol. The van der Waals surface area contributed by atoms with Gasteiger partial charge in [-0.05, 0) is 35.4 Å². The van der Waals surface area contributed by atoms with Crippen LogP contribution in [0.15, 0.2) is 48.5 Å². The zero-order chi connectivity index (χ0) is 15.6. The first kappa shape index (κ1) is 16.9. The molecule has 116 valence electrons. The van der Waals surface area contributed by atoms with E-state index in [4.69, 9.17) is 23.2 Å². The second kappa shape index (κ2) is 7.29. The normalized spacial score (nSPS) is 16.7. The molecule has 1 nitrogen and oxygen atoms in total. The van der Waals surface area contributed by atoms with E-state index in [2.05, 4.69) is 0 Å². The van der Waals surface area contributed by atoms with Crippen LogP contribution in [0.1, 0.15) is 11.1 Å². The highest BCUT2D eigenvalue weighted by atomic mass is 35.5. The van der Waals surface area contributed by atoms with E-state index in [-0.39, 0.29) is 4.58 Å². The zero-order valence-corrected chi connectivity index (χ0v) is 15.5. The maximum atomic E-state index is 11.6. The lowest BCUT2D eigenvalue weighted by molar-refractivity contribution is 0.0993. The van der Waals surface area contributed by atoms with Gasteiger partial charge in [0.05, 0.1) is 4.58 Å². The molecule has 1 aliphatic heterocycles. The molecule has 2 aromatic rings. The molecular formula is C16H14Cl2OS3. The van der Waals surface area contributed by atoms with Gasteiger partial charge in [-0.15, -0.1) is 35.3 Å². The van der Waals surface area contributed by atoms with Crippen molar-refractivity contribution in [3.8, 4) is 0 Å². The molecule has 0 saturated carbocycles. The Balaban J connectivity index is 2.08. The van der Waals surface area contributed by atoms with Crippen molar-refractivity contribution in [2.75, 3.05) is 10.2 Å². The molecule has 1 N–H and O–H groups in total. The van der Waals surface area contributed by atoms with E-state index in [0.29, 0.717) is 10.0 Å². The molecule has 1 saturated heterocycles. The van der Waals surface area contributed by atoms with Crippen molar-refractivity contribution in [3.05, 3.63) is 69.7 Å². The van der Waals surface area contributed by atoms with Crippen molar-refractivity contribution in [2.24, 2.45) is 0 Å². The molecular weight excluding hydrogens is 375 g/mol. The van der Waals surface area contributed by atoms with Crippen LogP contribution in [-0.4, -0.2) is 19.9 Å². The minimum atomic E-state index is -1.06. The molecule has 1 heterocycles. The van der Waals surface area contributed by atoms with Crippen molar-refractivity contribution in [1.29, 1.82) is 0 Å². The van der Waals surface area contributed by atoms with Gasteiger partial charge in [-0.25, -0.2) is 0 Å². The van der Waals surface area contributed by atoms with Crippen molar-refractivity contribution in [2.45, 2.75) is 10.2 Å². The minimum absolute atomic E-state index is 0.0381. The largest absolute Gasteiger partial charge is 0.378 e. The maximum Gasteiger partial charge on any atom is 0.136 e. The van der Waals surface area contributed by atoms with E-state index < -0.39 is 5.60 Å². The van der Waals surface area contributed by atoms with Crippen LogP contribution in [0.5, 0.6) is 0 Å². The van der Waals surface area contributed by atoms with Crippen molar-refractivity contribution in [3.63, 3.8) is 0 Å². The lowest BCUT2D eigenvalue weighted by Gasteiger charge is -2.38. The summed E-state index contributed by atoms with van der Waals surface area (Å²) in [5, 5.41) is 14.9. The second-order valence-corrected chi connectivity index (χ2v) is 9.96. The van der Waals surface area contributed by atoms with Crippen LogP contribution in [0.4, 0.5) is 0 Å². The summed E-state index contributed by atoms with van der Waals surface area (Å²) >= 11 is 17.4. The number of benzene rings is 2. The van der Waals surface area contributed by atoms with Gasteiger partial charge in [0.25, 0.3) is 0 Å². The van der Waals surface area contributed by atoms with Crippen LogP contribution >= 0.6 is 58.5 Å². The summed E-state index contributed by atoms with van der Waals surface area (Å²) < 4.78 is 0.0381. The third kappa shape index (κ3) is 3.42. The number of rotatable bonds is 3. The molecule has 0 unspecified atom stereocenters. The minimum Gasteiger partial charge on any atom is -0.378 e. The zero-order valence-electron chi connectivity index (χ0n) is 11.5. The van der Waals surface area contributed by atoms with Crippen LogP contribution < -0.4 is 0 Å². The summed E-state index contributed by atoms with van der Waals surface area (Å²) in [7, 11) is 0. The summed E-state index contributed by atoms with van der Waals surface area (Å²) in [6.07, 6.45) is 0. The van der Waals surface area contributed by atoms with E-state index in [1.807, 2.05) is 60.3 Å². The van der Waals surface area contributed by atoms with Gasteiger partial charge in [0.15, 0.2) is 0 Å². The van der Waals surface area contributed by atoms with Crippen molar-refractivity contribution < 1.29 is 5.11 Å². The number of halogens is 2. The lowest BCUT2D eigenvalue weighted by Crippen LogP contribution is -2.38. The fourth-order valence-electron chi connectivity index (χ4n) is 2.39. The first-order chi connectivity index (χ1) is 10.6. The topological polar surface area (TPSA) is 20.2 Å². The third-order valence-corrected chi connectivity index (χ3v) is 8.55. The maximum absolute atomic E-state index is 11.6. The van der Waals surface area contributed by atoms with Crippen LogP contribution in [0.3, 0.4) is 0 Å². The number of hydrogen-bond acceptors (Lipinski definition) is 4. The van der Waals surface area contributed by atoms with Gasteiger partial charge in [0.2, 0.25) is 0 Å². The molecule has 1 fully saturated rings. The van der Waals surface area contributed by atoms with Gasteiger partial charge in [-0.1, -0.05) is 47.5 Å². The summed E-state index contributed by atoms with van der Waals surface area (Å²) in [4.78, 5) is 0. The first-order valence-electron chi connectivity index (χ1n) is 6.66. The molecule has 2 aromatic carbocycles. The quantitative estimate of drug-likeness (QED) is 0.728. The Morgan fingerprint density at radius 1 is 0.818 bits per heavy atom. The molecule has 0 atom stereocenters. The van der Waals surface area contributed by atoms with Gasteiger partial charge in [-0.3, -0.25) is 0 Å². The van der Waals surface area contributed by atoms with Gasteiger partial charge >= 0.3 is 0 Å². The first-order valence-corrected chi connectivity index (χ1v) is 10.7. The Morgan fingerprint density at radius 2 is 1.23 bits per heavy atom. The molecule has 3 rings (SSSR count). The van der Waals surface area contributed by atoms with Crippen LogP contribution in [0.2, 0.25) is 10.0 Å². The highest BCUT2D eigenvalue weighted by Crippen LogP contribution is 2.49.